The molecule has 3 atom stereocenters. The third kappa shape index (κ3) is 5.31. The van der Waals surface area contributed by atoms with Gasteiger partial charge < -0.3 is 0 Å². The highest BCUT2D eigenvalue weighted by Gasteiger charge is 2.29. The standard InChI is InChI=1S/C21H36/c1-4-5-12-20(15-18-10-7-6-8-11-18)21-14-9-13-19(16-21)17(2)3/h10,19-21H,2,4-9,11-16H2,1,3H3. The molecule has 0 radical (unpaired) electrons. The van der Waals surface area contributed by atoms with Gasteiger partial charge in [0, 0.05) is 0 Å². The van der Waals surface area contributed by atoms with Crippen molar-refractivity contribution in [2.75, 3.05) is 0 Å². The summed E-state index contributed by atoms with van der Waals surface area (Å²) in [6.07, 6.45) is 19.5. The molecule has 21 heavy (non-hydrogen) atoms. The number of unbranched alkanes of at least 4 members (excludes halogenated alkanes) is 1. The van der Waals surface area contributed by atoms with E-state index < -0.39 is 0 Å². The number of hydrogen-bond donors (Lipinski definition) is 0. The van der Waals surface area contributed by atoms with E-state index in [1.807, 2.05) is 0 Å². The minimum atomic E-state index is 0.813. The van der Waals surface area contributed by atoms with Crippen LogP contribution in [-0.4, -0.2) is 0 Å². The summed E-state index contributed by atoms with van der Waals surface area (Å²) >= 11 is 0. The van der Waals surface area contributed by atoms with E-state index in [4.69, 9.17) is 0 Å². The number of allylic oxidation sites excluding steroid dienone is 3. The molecule has 2 aliphatic rings. The Kier molecular flexibility index (Phi) is 7.07. The van der Waals surface area contributed by atoms with Crippen LogP contribution in [0.2, 0.25) is 0 Å². The van der Waals surface area contributed by atoms with Gasteiger partial charge >= 0.3 is 0 Å². The van der Waals surface area contributed by atoms with E-state index in [2.05, 4.69) is 26.5 Å². The SMILES string of the molecule is C=C(C)C1CCCC(C(CCCC)CC2=CCCCC2)C1. The molecular weight excluding hydrogens is 252 g/mol. The van der Waals surface area contributed by atoms with Crippen LogP contribution in [0, 0.1) is 17.8 Å². The van der Waals surface area contributed by atoms with Gasteiger partial charge in [-0.15, -0.1) is 0 Å². The highest BCUT2D eigenvalue weighted by Crippen LogP contribution is 2.41. The first-order valence-corrected chi connectivity index (χ1v) is 9.54. The van der Waals surface area contributed by atoms with E-state index in [1.54, 1.807) is 5.57 Å². The zero-order chi connectivity index (χ0) is 15.1. The lowest BCUT2D eigenvalue weighted by Crippen LogP contribution is -2.24. The van der Waals surface area contributed by atoms with E-state index >= 15 is 0 Å². The van der Waals surface area contributed by atoms with Gasteiger partial charge in [-0.05, 0) is 76.0 Å². The summed E-state index contributed by atoms with van der Waals surface area (Å²) in [5.41, 5.74) is 3.23. The summed E-state index contributed by atoms with van der Waals surface area (Å²) in [6.45, 7) is 8.83. The molecule has 120 valence electrons. The Balaban J connectivity index is 1.96. The molecule has 0 heteroatoms. The lowest BCUT2D eigenvalue weighted by atomic mass is 9.70. The fourth-order valence-corrected chi connectivity index (χ4v) is 4.50. The summed E-state index contributed by atoms with van der Waals surface area (Å²) in [5, 5.41) is 0. The van der Waals surface area contributed by atoms with Crippen LogP contribution in [0.1, 0.15) is 90.9 Å². The molecule has 0 saturated heterocycles. The predicted octanol–water partition coefficient (Wildman–Crippen LogP) is 7.07. The van der Waals surface area contributed by atoms with Crippen molar-refractivity contribution < 1.29 is 0 Å². The first kappa shape index (κ1) is 16.8. The second-order valence-corrected chi connectivity index (χ2v) is 7.68. The average Bonchev–Trinajstić information content (AvgIpc) is 2.52. The third-order valence-corrected chi connectivity index (χ3v) is 5.92. The molecule has 0 bridgehead atoms. The Morgan fingerprint density at radius 3 is 2.81 bits per heavy atom. The van der Waals surface area contributed by atoms with Crippen molar-refractivity contribution in [1.29, 1.82) is 0 Å². The van der Waals surface area contributed by atoms with Gasteiger partial charge in [0.2, 0.25) is 0 Å². The molecule has 0 aliphatic heterocycles. The molecule has 3 unspecified atom stereocenters. The van der Waals surface area contributed by atoms with Gasteiger partial charge in [-0.2, -0.15) is 0 Å². The van der Waals surface area contributed by atoms with E-state index in [0.29, 0.717) is 0 Å². The largest absolute Gasteiger partial charge is 0.0999 e. The van der Waals surface area contributed by atoms with Crippen LogP contribution >= 0.6 is 0 Å². The maximum absolute atomic E-state index is 4.24. The molecule has 0 aromatic carbocycles. The van der Waals surface area contributed by atoms with Crippen LogP contribution in [0.3, 0.4) is 0 Å². The second-order valence-electron chi connectivity index (χ2n) is 7.68. The van der Waals surface area contributed by atoms with Crippen molar-refractivity contribution >= 4 is 0 Å². The van der Waals surface area contributed by atoms with Gasteiger partial charge in [-0.3, -0.25) is 0 Å². The number of hydrogen-bond acceptors (Lipinski definition) is 0. The summed E-state index contributed by atoms with van der Waals surface area (Å²) in [4.78, 5) is 0. The van der Waals surface area contributed by atoms with Crippen LogP contribution in [-0.2, 0) is 0 Å². The van der Waals surface area contributed by atoms with Gasteiger partial charge in [0.05, 0.1) is 0 Å². The van der Waals surface area contributed by atoms with Crippen LogP contribution in [0.15, 0.2) is 23.8 Å². The van der Waals surface area contributed by atoms with Crippen molar-refractivity contribution in [1.82, 2.24) is 0 Å². The quantitative estimate of drug-likeness (QED) is 0.440. The summed E-state index contributed by atoms with van der Waals surface area (Å²) in [5.74, 6) is 2.74. The summed E-state index contributed by atoms with van der Waals surface area (Å²) in [7, 11) is 0. The Labute approximate surface area is 133 Å². The molecule has 2 rings (SSSR count). The molecule has 0 aromatic heterocycles. The first-order chi connectivity index (χ1) is 10.2. The van der Waals surface area contributed by atoms with Gasteiger partial charge in [-0.25, -0.2) is 0 Å². The molecule has 1 saturated carbocycles. The van der Waals surface area contributed by atoms with Crippen molar-refractivity contribution in [3.05, 3.63) is 23.8 Å². The fourth-order valence-electron chi connectivity index (χ4n) is 4.50. The molecule has 0 nitrogen and oxygen atoms in total. The molecule has 0 heterocycles. The minimum Gasteiger partial charge on any atom is -0.0999 e. The third-order valence-electron chi connectivity index (χ3n) is 5.92. The lowest BCUT2D eigenvalue weighted by Gasteiger charge is -2.36. The fraction of sp³-hybridized carbons (Fsp3) is 0.810. The Hall–Kier alpha value is -0.520. The lowest BCUT2D eigenvalue weighted by molar-refractivity contribution is 0.197. The zero-order valence-corrected chi connectivity index (χ0v) is 14.5. The number of rotatable bonds is 7. The second kappa shape index (κ2) is 8.81. The van der Waals surface area contributed by atoms with E-state index in [9.17, 15) is 0 Å². The van der Waals surface area contributed by atoms with Crippen LogP contribution < -0.4 is 0 Å². The molecule has 0 N–H and O–H groups in total. The van der Waals surface area contributed by atoms with Crippen LogP contribution in [0.5, 0.6) is 0 Å². The molecule has 0 amide bonds. The van der Waals surface area contributed by atoms with Gasteiger partial charge in [0.1, 0.15) is 0 Å². The molecule has 0 spiro atoms. The Morgan fingerprint density at radius 1 is 1.29 bits per heavy atom. The molecule has 2 aliphatic carbocycles. The summed E-state index contributed by atoms with van der Waals surface area (Å²) < 4.78 is 0. The first-order valence-electron chi connectivity index (χ1n) is 9.54. The maximum Gasteiger partial charge on any atom is -0.0206 e. The highest BCUT2D eigenvalue weighted by molar-refractivity contribution is 5.07. The normalized spacial score (nSPS) is 28.0. The van der Waals surface area contributed by atoms with Gasteiger partial charge in [0.15, 0.2) is 0 Å². The Morgan fingerprint density at radius 2 is 2.14 bits per heavy atom. The van der Waals surface area contributed by atoms with Crippen molar-refractivity contribution in [2.24, 2.45) is 17.8 Å². The molecular formula is C21H36. The van der Waals surface area contributed by atoms with Gasteiger partial charge in [-0.1, -0.05) is 56.4 Å². The summed E-state index contributed by atoms with van der Waals surface area (Å²) in [6, 6.07) is 0. The highest BCUT2D eigenvalue weighted by atomic mass is 14.3. The van der Waals surface area contributed by atoms with Gasteiger partial charge in [0.25, 0.3) is 0 Å². The minimum absolute atomic E-state index is 0.813. The molecule has 0 aromatic rings. The van der Waals surface area contributed by atoms with Crippen LogP contribution in [0.25, 0.3) is 0 Å². The monoisotopic (exact) mass is 288 g/mol. The van der Waals surface area contributed by atoms with Crippen molar-refractivity contribution in [2.45, 2.75) is 90.9 Å². The zero-order valence-electron chi connectivity index (χ0n) is 14.5. The van der Waals surface area contributed by atoms with Crippen molar-refractivity contribution in [3.8, 4) is 0 Å². The van der Waals surface area contributed by atoms with E-state index in [1.165, 1.54) is 82.6 Å². The maximum atomic E-state index is 4.24. The topological polar surface area (TPSA) is 0 Å². The predicted molar refractivity (Wildman–Crippen MR) is 94.4 cm³/mol. The van der Waals surface area contributed by atoms with E-state index in [0.717, 1.165) is 17.8 Å². The van der Waals surface area contributed by atoms with Crippen LogP contribution in [0.4, 0.5) is 0 Å². The molecule has 1 fully saturated rings. The van der Waals surface area contributed by atoms with Crippen molar-refractivity contribution in [3.63, 3.8) is 0 Å². The van der Waals surface area contributed by atoms with E-state index in [-0.39, 0.29) is 0 Å². The Bertz CT molecular complexity index is 349. The smallest absolute Gasteiger partial charge is 0.0206 e. The average molecular weight is 289 g/mol.